The lowest BCUT2D eigenvalue weighted by atomic mass is 10.0. The SMILES string of the molecule is C=CCCC(OCC(=O)C=P(c1ccccc1)(c1ccccc1)c1ccccc1)C(C)C. The second-order valence-electron chi connectivity index (χ2n) is 8.28. The van der Waals surface area contributed by atoms with Gasteiger partial charge in [-0.15, -0.1) is 6.58 Å². The summed E-state index contributed by atoms with van der Waals surface area (Å²) in [5, 5.41) is 3.49. The highest BCUT2D eigenvalue weighted by Gasteiger charge is 2.26. The van der Waals surface area contributed by atoms with E-state index >= 15 is 0 Å². The highest BCUT2D eigenvalue weighted by molar-refractivity contribution is 7.95. The van der Waals surface area contributed by atoms with Crippen LogP contribution in [0.5, 0.6) is 0 Å². The summed E-state index contributed by atoms with van der Waals surface area (Å²) < 4.78 is 6.11. The summed E-state index contributed by atoms with van der Waals surface area (Å²) in [4.78, 5) is 13.4. The molecule has 0 fully saturated rings. The highest BCUT2D eigenvalue weighted by atomic mass is 31.2. The Morgan fingerprint density at radius 2 is 1.28 bits per heavy atom. The van der Waals surface area contributed by atoms with Crippen molar-refractivity contribution in [1.29, 1.82) is 0 Å². The lowest BCUT2D eigenvalue weighted by molar-refractivity contribution is -0.119. The molecule has 0 radical (unpaired) electrons. The minimum Gasteiger partial charge on any atom is -0.370 e. The molecule has 0 spiro atoms. The van der Waals surface area contributed by atoms with Crippen molar-refractivity contribution in [3.63, 3.8) is 0 Å². The van der Waals surface area contributed by atoms with Crippen molar-refractivity contribution in [2.45, 2.75) is 32.8 Å². The number of benzene rings is 3. The van der Waals surface area contributed by atoms with E-state index in [1.54, 1.807) is 0 Å². The van der Waals surface area contributed by atoms with E-state index in [-0.39, 0.29) is 18.5 Å². The zero-order chi connectivity index (χ0) is 22.8. The molecule has 3 aromatic carbocycles. The monoisotopic (exact) mass is 444 g/mol. The number of hydrogen-bond donors (Lipinski definition) is 0. The Labute approximate surface area is 192 Å². The van der Waals surface area contributed by atoms with Gasteiger partial charge in [-0.05, 0) is 47.4 Å². The summed E-state index contributed by atoms with van der Waals surface area (Å²) in [7, 11) is 0. The van der Waals surface area contributed by atoms with Gasteiger partial charge in [-0.1, -0.05) is 111 Å². The molecule has 3 aromatic rings. The van der Waals surface area contributed by atoms with Gasteiger partial charge in [-0.3, -0.25) is 4.79 Å². The van der Waals surface area contributed by atoms with Crippen molar-refractivity contribution in [3.05, 3.63) is 104 Å². The molecule has 0 bridgehead atoms. The number of carbonyl (C=O) groups excluding carboxylic acids is 1. The predicted molar refractivity (Wildman–Crippen MR) is 140 cm³/mol. The predicted octanol–water partition coefficient (Wildman–Crippen LogP) is 5.36. The lowest BCUT2D eigenvalue weighted by Gasteiger charge is -2.28. The average Bonchev–Trinajstić information content (AvgIpc) is 2.84. The summed E-state index contributed by atoms with van der Waals surface area (Å²) in [6, 6.07) is 31.2. The molecule has 2 nitrogen and oxygen atoms in total. The summed E-state index contributed by atoms with van der Waals surface area (Å²) >= 11 is 0. The Bertz CT molecular complexity index is 937. The number of Topliss-reactive ketones (excluding diaryl/α,β-unsaturated/α-hetero) is 1. The molecule has 0 aliphatic heterocycles. The molecule has 1 unspecified atom stereocenters. The quantitative estimate of drug-likeness (QED) is 0.294. The Morgan fingerprint density at radius 3 is 1.66 bits per heavy atom. The van der Waals surface area contributed by atoms with Gasteiger partial charge in [-0.25, -0.2) is 0 Å². The zero-order valence-electron chi connectivity index (χ0n) is 19.1. The van der Waals surface area contributed by atoms with Crippen molar-refractivity contribution >= 4 is 34.4 Å². The van der Waals surface area contributed by atoms with E-state index in [0.29, 0.717) is 5.92 Å². The zero-order valence-corrected chi connectivity index (χ0v) is 20.0. The smallest absolute Gasteiger partial charge is 0.182 e. The second-order valence-corrected chi connectivity index (χ2v) is 11.5. The van der Waals surface area contributed by atoms with Crippen LogP contribution in [-0.4, -0.2) is 24.3 Å². The largest absolute Gasteiger partial charge is 0.370 e. The van der Waals surface area contributed by atoms with E-state index in [4.69, 9.17) is 4.74 Å². The van der Waals surface area contributed by atoms with Crippen LogP contribution in [0.1, 0.15) is 26.7 Å². The van der Waals surface area contributed by atoms with E-state index in [9.17, 15) is 4.79 Å². The number of allylic oxidation sites excluding steroid dienone is 1. The molecular formula is C29H33O2P. The van der Waals surface area contributed by atoms with Gasteiger partial charge < -0.3 is 4.74 Å². The van der Waals surface area contributed by atoms with Crippen molar-refractivity contribution in [3.8, 4) is 0 Å². The van der Waals surface area contributed by atoms with Crippen molar-refractivity contribution in [1.82, 2.24) is 0 Å². The van der Waals surface area contributed by atoms with Crippen molar-refractivity contribution in [2.24, 2.45) is 5.92 Å². The minimum atomic E-state index is -2.28. The first-order chi connectivity index (χ1) is 15.6. The first-order valence-corrected chi connectivity index (χ1v) is 13.1. The average molecular weight is 445 g/mol. The number of ketones is 1. The molecule has 3 rings (SSSR count). The van der Waals surface area contributed by atoms with Gasteiger partial charge in [-0.2, -0.15) is 0 Å². The summed E-state index contributed by atoms with van der Waals surface area (Å²) in [6.07, 6.45) is 3.72. The molecule has 32 heavy (non-hydrogen) atoms. The first kappa shape index (κ1) is 24.0. The van der Waals surface area contributed by atoms with Crippen LogP contribution in [-0.2, 0) is 9.53 Å². The van der Waals surface area contributed by atoms with Gasteiger partial charge in [0.15, 0.2) is 5.78 Å². The van der Waals surface area contributed by atoms with E-state index in [1.807, 2.05) is 30.1 Å². The van der Waals surface area contributed by atoms with Crippen LogP contribution >= 0.6 is 6.89 Å². The van der Waals surface area contributed by atoms with E-state index in [1.165, 1.54) is 0 Å². The minimum absolute atomic E-state index is 0.0270. The Hall–Kier alpha value is -2.67. The fourth-order valence-corrected chi connectivity index (χ4v) is 7.77. The van der Waals surface area contributed by atoms with E-state index < -0.39 is 6.89 Å². The van der Waals surface area contributed by atoms with Gasteiger partial charge in [0.25, 0.3) is 0 Å². The Kier molecular flexibility index (Phi) is 8.85. The number of rotatable bonds is 11. The summed E-state index contributed by atoms with van der Waals surface area (Å²) in [6.45, 7) is 5.89. The third-order valence-corrected chi connectivity index (χ3v) is 9.68. The molecule has 0 aliphatic carbocycles. The van der Waals surface area contributed by atoms with Gasteiger partial charge in [0.2, 0.25) is 0 Å². The second kappa shape index (κ2) is 11.8. The summed E-state index contributed by atoms with van der Waals surface area (Å²) in [5.74, 6) is 2.33. The Balaban J connectivity index is 2.09. The molecule has 0 saturated heterocycles. The maximum Gasteiger partial charge on any atom is 0.182 e. The molecular weight excluding hydrogens is 411 g/mol. The highest BCUT2D eigenvalue weighted by Crippen LogP contribution is 2.43. The third-order valence-electron chi connectivity index (χ3n) is 5.67. The molecule has 1 atom stereocenters. The van der Waals surface area contributed by atoms with Crippen LogP contribution < -0.4 is 15.9 Å². The van der Waals surface area contributed by atoms with Gasteiger partial charge in [0, 0.05) is 0 Å². The van der Waals surface area contributed by atoms with E-state index in [2.05, 4.69) is 93.2 Å². The molecule has 0 heterocycles. The van der Waals surface area contributed by atoms with Gasteiger partial charge in [0.05, 0.1) is 6.10 Å². The molecule has 3 heteroatoms. The molecule has 0 saturated carbocycles. The molecule has 166 valence electrons. The van der Waals surface area contributed by atoms with Crippen LogP contribution in [0, 0.1) is 5.92 Å². The molecule has 0 aliphatic rings. The van der Waals surface area contributed by atoms with Crippen molar-refractivity contribution < 1.29 is 9.53 Å². The van der Waals surface area contributed by atoms with Gasteiger partial charge >= 0.3 is 0 Å². The number of hydrogen-bond acceptors (Lipinski definition) is 2. The van der Waals surface area contributed by atoms with E-state index in [0.717, 1.165) is 28.8 Å². The standard InChI is InChI=1S/C29H33O2P/c1-4-5-21-29(24(2)3)31-22-25(30)23-32(26-15-9-6-10-16-26,27-17-11-7-12-18-27)28-19-13-8-14-20-28/h4,6-20,23-24,29H,1,5,21-22H2,2-3H3. The van der Waals surface area contributed by atoms with Gasteiger partial charge in [0.1, 0.15) is 6.61 Å². The Morgan fingerprint density at radius 1 is 0.844 bits per heavy atom. The number of ether oxygens (including phenoxy) is 1. The first-order valence-electron chi connectivity index (χ1n) is 11.2. The van der Waals surface area contributed by atoms with Crippen LogP contribution in [0.15, 0.2) is 104 Å². The van der Waals surface area contributed by atoms with Crippen molar-refractivity contribution in [2.75, 3.05) is 6.61 Å². The lowest BCUT2D eigenvalue weighted by Crippen LogP contribution is -2.30. The fourth-order valence-electron chi connectivity index (χ4n) is 3.99. The van der Waals surface area contributed by atoms with Crippen LogP contribution in [0.3, 0.4) is 0 Å². The topological polar surface area (TPSA) is 26.3 Å². The normalized spacial score (nSPS) is 12.3. The maximum atomic E-state index is 13.4. The van der Waals surface area contributed by atoms with Crippen LogP contribution in [0.25, 0.3) is 0 Å². The van der Waals surface area contributed by atoms with Crippen LogP contribution in [0.4, 0.5) is 0 Å². The third kappa shape index (κ3) is 5.76. The molecule has 0 N–H and O–H groups in total. The maximum absolute atomic E-state index is 13.4. The molecule has 0 aromatic heterocycles. The number of carbonyl (C=O) groups is 1. The molecule has 0 amide bonds. The van der Waals surface area contributed by atoms with Crippen LogP contribution in [0.2, 0.25) is 0 Å². The fraction of sp³-hybridized carbons (Fsp3) is 0.241. The summed E-state index contributed by atoms with van der Waals surface area (Å²) in [5.41, 5.74) is 0.